The summed E-state index contributed by atoms with van der Waals surface area (Å²) in [6.45, 7) is 8.21. The molecule has 1 fully saturated rings. The number of carbonyl (C=O) groups excluding carboxylic acids is 1. The molecular formula is C19H26N4OS. The van der Waals surface area contributed by atoms with E-state index in [9.17, 15) is 4.79 Å². The van der Waals surface area contributed by atoms with Crippen molar-refractivity contribution in [2.75, 3.05) is 26.2 Å². The van der Waals surface area contributed by atoms with E-state index in [0.717, 1.165) is 50.4 Å². The molecule has 1 saturated heterocycles. The predicted molar refractivity (Wildman–Crippen MR) is 101 cm³/mol. The van der Waals surface area contributed by atoms with Crippen LogP contribution < -0.4 is 5.73 Å². The Hall–Kier alpha value is -1.76. The maximum Gasteiger partial charge on any atom is 0.244 e. The minimum Gasteiger partial charge on any atom is -0.338 e. The number of rotatable bonds is 5. The summed E-state index contributed by atoms with van der Waals surface area (Å²) < 4.78 is 0. The second kappa shape index (κ2) is 8.08. The molecule has 0 saturated carbocycles. The number of amides is 1. The van der Waals surface area contributed by atoms with Crippen molar-refractivity contribution in [1.82, 2.24) is 14.8 Å². The SMILES string of the molecule is CCc1nc(CN2CCN(C(=O)C(N)c3ccc(C)cc3)CC2)cs1. The molecule has 1 aliphatic heterocycles. The maximum atomic E-state index is 12.7. The van der Waals surface area contributed by atoms with Gasteiger partial charge in [0.15, 0.2) is 0 Å². The van der Waals surface area contributed by atoms with Crippen molar-refractivity contribution in [2.45, 2.75) is 32.9 Å². The number of carbonyl (C=O) groups is 1. The highest BCUT2D eigenvalue weighted by atomic mass is 32.1. The van der Waals surface area contributed by atoms with Gasteiger partial charge in [-0.05, 0) is 18.9 Å². The van der Waals surface area contributed by atoms with Gasteiger partial charge in [-0.2, -0.15) is 0 Å². The van der Waals surface area contributed by atoms with Gasteiger partial charge in [-0.15, -0.1) is 11.3 Å². The van der Waals surface area contributed by atoms with Crippen molar-refractivity contribution < 1.29 is 4.79 Å². The van der Waals surface area contributed by atoms with Crippen LogP contribution in [-0.2, 0) is 17.8 Å². The van der Waals surface area contributed by atoms with Gasteiger partial charge in [-0.25, -0.2) is 4.98 Å². The minimum atomic E-state index is -0.571. The summed E-state index contributed by atoms with van der Waals surface area (Å²) in [7, 11) is 0. The largest absolute Gasteiger partial charge is 0.338 e. The first-order valence-corrected chi connectivity index (χ1v) is 9.71. The Morgan fingerprint density at radius 3 is 2.52 bits per heavy atom. The Labute approximate surface area is 153 Å². The monoisotopic (exact) mass is 358 g/mol. The van der Waals surface area contributed by atoms with Gasteiger partial charge in [0.1, 0.15) is 6.04 Å². The topological polar surface area (TPSA) is 62.5 Å². The highest BCUT2D eigenvalue weighted by molar-refractivity contribution is 7.09. The number of benzene rings is 1. The lowest BCUT2D eigenvalue weighted by Crippen LogP contribution is -2.50. The normalized spacial score (nSPS) is 16.8. The van der Waals surface area contributed by atoms with Crippen LogP contribution in [0.25, 0.3) is 0 Å². The maximum absolute atomic E-state index is 12.7. The predicted octanol–water partition coefficient (Wildman–Crippen LogP) is 2.36. The molecule has 1 aromatic carbocycles. The molecule has 2 N–H and O–H groups in total. The summed E-state index contributed by atoms with van der Waals surface area (Å²) in [6.07, 6.45) is 0.990. The third kappa shape index (κ3) is 4.45. The summed E-state index contributed by atoms with van der Waals surface area (Å²) >= 11 is 1.73. The fourth-order valence-electron chi connectivity index (χ4n) is 3.05. The number of thiazole rings is 1. The third-order valence-electron chi connectivity index (χ3n) is 4.67. The highest BCUT2D eigenvalue weighted by Crippen LogP contribution is 2.17. The van der Waals surface area contributed by atoms with E-state index in [0.29, 0.717) is 0 Å². The van der Waals surface area contributed by atoms with Crippen LogP contribution in [0.15, 0.2) is 29.6 Å². The van der Waals surface area contributed by atoms with E-state index in [1.54, 1.807) is 11.3 Å². The van der Waals surface area contributed by atoms with E-state index in [4.69, 9.17) is 5.73 Å². The Bertz CT molecular complexity index is 704. The van der Waals surface area contributed by atoms with Gasteiger partial charge in [0.05, 0.1) is 10.7 Å². The summed E-state index contributed by atoms with van der Waals surface area (Å²) in [5, 5.41) is 3.33. The first-order chi connectivity index (χ1) is 12.1. The molecule has 0 aliphatic carbocycles. The van der Waals surface area contributed by atoms with Crippen molar-refractivity contribution in [3.63, 3.8) is 0 Å². The summed E-state index contributed by atoms with van der Waals surface area (Å²) in [5.74, 6) is 0.0189. The van der Waals surface area contributed by atoms with E-state index in [1.807, 2.05) is 36.1 Å². The summed E-state index contributed by atoms with van der Waals surface area (Å²) in [6, 6.07) is 7.32. The van der Waals surface area contributed by atoms with Crippen molar-refractivity contribution in [1.29, 1.82) is 0 Å². The number of piperazine rings is 1. The first-order valence-electron chi connectivity index (χ1n) is 8.83. The van der Waals surface area contributed by atoms with Gasteiger partial charge in [0, 0.05) is 38.1 Å². The van der Waals surface area contributed by atoms with Crippen molar-refractivity contribution in [2.24, 2.45) is 5.73 Å². The Kier molecular flexibility index (Phi) is 5.83. The van der Waals surface area contributed by atoms with Gasteiger partial charge in [0.25, 0.3) is 0 Å². The first kappa shape index (κ1) is 18.0. The Morgan fingerprint density at radius 1 is 1.24 bits per heavy atom. The molecule has 0 spiro atoms. The van der Waals surface area contributed by atoms with Gasteiger partial charge in [-0.1, -0.05) is 36.8 Å². The van der Waals surface area contributed by atoms with Crippen molar-refractivity contribution in [3.05, 3.63) is 51.5 Å². The molecule has 5 nitrogen and oxygen atoms in total. The highest BCUT2D eigenvalue weighted by Gasteiger charge is 2.26. The lowest BCUT2D eigenvalue weighted by atomic mass is 10.0. The van der Waals surface area contributed by atoms with E-state index >= 15 is 0 Å². The van der Waals surface area contributed by atoms with E-state index in [1.165, 1.54) is 10.6 Å². The molecule has 1 atom stereocenters. The van der Waals surface area contributed by atoms with Gasteiger partial charge in [0.2, 0.25) is 5.91 Å². The molecule has 1 unspecified atom stereocenters. The number of hydrogen-bond acceptors (Lipinski definition) is 5. The van der Waals surface area contributed by atoms with E-state index in [2.05, 4.69) is 22.2 Å². The molecule has 0 radical (unpaired) electrons. The summed E-state index contributed by atoms with van der Waals surface area (Å²) in [5.41, 5.74) is 9.37. The van der Waals surface area contributed by atoms with Gasteiger partial charge >= 0.3 is 0 Å². The quantitative estimate of drug-likeness (QED) is 0.891. The zero-order valence-corrected chi connectivity index (χ0v) is 15.8. The van der Waals surface area contributed by atoms with Crippen LogP contribution in [0.4, 0.5) is 0 Å². The molecule has 2 heterocycles. The zero-order valence-electron chi connectivity index (χ0n) is 14.9. The Morgan fingerprint density at radius 2 is 1.92 bits per heavy atom. The molecule has 6 heteroatoms. The van der Waals surface area contributed by atoms with E-state index < -0.39 is 6.04 Å². The molecule has 3 rings (SSSR count). The number of aryl methyl sites for hydroxylation is 2. The molecule has 2 aromatic rings. The van der Waals surface area contributed by atoms with Gasteiger partial charge < -0.3 is 10.6 Å². The summed E-state index contributed by atoms with van der Waals surface area (Å²) in [4.78, 5) is 21.5. The number of aromatic nitrogens is 1. The Balaban J connectivity index is 1.52. The molecule has 1 amide bonds. The van der Waals surface area contributed by atoms with Crippen LogP contribution in [0.2, 0.25) is 0 Å². The van der Waals surface area contributed by atoms with Gasteiger partial charge in [-0.3, -0.25) is 9.69 Å². The van der Waals surface area contributed by atoms with Crippen molar-refractivity contribution >= 4 is 17.2 Å². The average molecular weight is 359 g/mol. The molecule has 25 heavy (non-hydrogen) atoms. The van der Waals surface area contributed by atoms with Crippen LogP contribution >= 0.6 is 11.3 Å². The van der Waals surface area contributed by atoms with Crippen LogP contribution in [-0.4, -0.2) is 46.9 Å². The fourth-order valence-corrected chi connectivity index (χ4v) is 3.79. The average Bonchev–Trinajstić information content (AvgIpc) is 3.09. The molecule has 0 bridgehead atoms. The second-order valence-corrected chi connectivity index (χ2v) is 7.52. The van der Waals surface area contributed by atoms with Crippen LogP contribution in [0, 0.1) is 6.92 Å². The standard InChI is InChI=1S/C19H26N4OS/c1-3-17-21-16(13-25-17)12-22-8-10-23(11-9-22)19(24)18(20)15-6-4-14(2)5-7-15/h4-7,13,18H,3,8-12,20H2,1-2H3. The fraction of sp³-hybridized carbons (Fsp3) is 0.474. The lowest BCUT2D eigenvalue weighted by Gasteiger charge is -2.35. The smallest absolute Gasteiger partial charge is 0.244 e. The van der Waals surface area contributed by atoms with Crippen LogP contribution in [0.1, 0.15) is 34.8 Å². The number of hydrogen-bond donors (Lipinski definition) is 1. The minimum absolute atomic E-state index is 0.0189. The number of nitrogens with two attached hydrogens (primary N) is 1. The van der Waals surface area contributed by atoms with E-state index in [-0.39, 0.29) is 5.91 Å². The molecule has 1 aromatic heterocycles. The second-order valence-electron chi connectivity index (χ2n) is 6.58. The molecule has 134 valence electrons. The molecular weight excluding hydrogens is 332 g/mol. The third-order valence-corrected chi connectivity index (χ3v) is 5.72. The van der Waals surface area contributed by atoms with Crippen LogP contribution in [0.5, 0.6) is 0 Å². The van der Waals surface area contributed by atoms with Crippen molar-refractivity contribution in [3.8, 4) is 0 Å². The van der Waals surface area contributed by atoms with Crippen LogP contribution in [0.3, 0.4) is 0 Å². The zero-order chi connectivity index (χ0) is 17.8. The number of nitrogens with zero attached hydrogens (tertiary/aromatic N) is 3. The molecule has 1 aliphatic rings. The lowest BCUT2D eigenvalue weighted by molar-refractivity contribution is -0.134.